The van der Waals surface area contributed by atoms with Crippen LogP contribution < -0.4 is 15.5 Å². The van der Waals surface area contributed by atoms with Crippen molar-refractivity contribution in [1.82, 2.24) is 10.6 Å². The molecule has 1 unspecified atom stereocenters. The van der Waals surface area contributed by atoms with Crippen molar-refractivity contribution in [3.63, 3.8) is 0 Å². The molecular formula is C21H35IN4O2S. The van der Waals surface area contributed by atoms with E-state index in [1.807, 2.05) is 11.8 Å². The maximum atomic E-state index is 5.80. The van der Waals surface area contributed by atoms with E-state index >= 15 is 0 Å². The monoisotopic (exact) mass is 534 g/mol. The van der Waals surface area contributed by atoms with Crippen molar-refractivity contribution < 1.29 is 9.47 Å². The molecule has 0 amide bonds. The number of halogens is 1. The minimum absolute atomic E-state index is 0. The Morgan fingerprint density at radius 3 is 2.72 bits per heavy atom. The van der Waals surface area contributed by atoms with Crippen molar-refractivity contribution in [1.29, 1.82) is 0 Å². The molecular weight excluding hydrogens is 499 g/mol. The first kappa shape index (κ1) is 24.6. The first-order valence-electron chi connectivity index (χ1n) is 10.5. The Bertz CT molecular complexity index is 591. The highest BCUT2D eigenvalue weighted by atomic mass is 127. The summed E-state index contributed by atoms with van der Waals surface area (Å²) in [6, 6.07) is 8.85. The Morgan fingerprint density at radius 2 is 2.03 bits per heavy atom. The lowest BCUT2D eigenvalue weighted by molar-refractivity contribution is 0.0420. The predicted molar refractivity (Wildman–Crippen MR) is 134 cm³/mol. The molecule has 0 bridgehead atoms. The van der Waals surface area contributed by atoms with E-state index in [9.17, 15) is 0 Å². The van der Waals surface area contributed by atoms with Crippen molar-refractivity contribution in [3.8, 4) is 0 Å². The number of benzene rings is 1. The van der Waals surface area contributed by atoms with Crippen molar-refractivity contribution in [2.45, 2.75) is 32.4 Å². The van der Waals surface area contributed by atoms with Gasteiger partial charge in [0.15, 0.2) is 5.96 Å². The first-order chi connectivity index (χ1) is 13.8. The van der Waals surface area contributed by atoms with Crippen molar-refractivity contribution in [2.24, 2.45) is 4.99 Å². The van der Waals surface area contributed by atoms with Crippen molar-refractivity contribution in [3.05, 3.63) is 29.8 Å². The maximum absolute atomic E-state index is 5.80. The van der Waals surface area contributed by atoms with Crippen LogP contribution in [0.3, 0.4) is 0 Å². The van der Waals surface area contributed by atoms with E-state index < -0.39 is 0 Å². The van der Waals surface area contributed by atoms with Crippen LogP contribution in [0.25, 0.3) is 0 Å². The summed E-state index contributed by atoms with van der Waals surface area (Å²) in [7, 11) is 0. The van der Waals surface area contributed by atoms with Gasteiger partial charge in [-0.15, -0.1) is 24.0 Å². The molecule has 0 saturated carbocycles. The van der Waals surface area contributed by atoms with Gasteiger partial charge in [-0.05, 0) is 37.5 Å². The Balaban J connectivity index is 0.00000300. The number of rotatable bonds is 9. The molecule has 0 aliphatic carbocycles. The van der Waals surface area contributed by atoms with Crippen molar-refractivity contribution >= 4 is 47.4 Å². The van der Waals surface area contributed by atoms with Gasteiger partial charge in [-0.1, -0.05) is 12.1 Å². The van der Waals surface area contributed by atoms with Crippen LogP contribution in [0.1, 0.15) is 25.3 Å². The van der Waals surface area contributed by atoms with Crippen LogP contribution in [-0.2, 0) is 16.0 Å². The van der Waals surface area contributed by atoms with Gasteiger partial charge < -0.3 is 25.0 Å². The Morgan fingerprint density at radius 1 is 1.24 bits per heavy atom. The van der Waals surface area contributed by atoms with Gasteiger partial charge >= 0.3 is 0 Å². The van der Waals surface area contributed by atoms with Gasteiger partial charge in [0.1, 0.15) is 0 Å². The lowest BCUT2D eigenvalue weighted by Gasteiger charge is -2.28. The van der Waals surface area contributed by atoms with E-state index in [4.69, 9.17) is 14.5 Å². The highest BCUT2D eigenvalue weighted by Crippen LogP contribution is 2.20. The van der Waals surface area contributed by atoms with Crippen LogP contribution in [0.5, 0.6) is 0 Å². The largest absolute Gasteiger partial charge is 0.379 e. The van der Waals surface area contributed by atoms with Crippen LogP contribution in [0.4, 0.5) is 5.69 Å². The third-order valence-corrected chi connectivity index (χ3v) is 5.87. The van der Waals surface area contributed by atoms with Crippen LogP contribution in [0.15, 0.2) is 29.3 Å². The zero-order valence-corrected chi connectivity index (χ0v) is 20.5. The Kier molecular flexibility index (Phi) is 12.1. The van der Waals surface area contributed by atoms with Crippen LogP contribution in [0, 0.1) is 0 Å². The molecule has 2 aliphatic heterocycles. The van der Waals surface area contributed by atoms with Gasteiger partial charge in [0.05, 0.1) is 19.3 Å². The summed E-state index contributed by atoms with van der Waals surface area (Å²) < 4.78 is 11.1. The summed E-state index contributed by atoms with van der Waals surface area (Å²) in [6.45, 7) is 9.11. The Labute approximate surface area is 196 Å². The maximum Gasteiger partial charge on any atom is 0.191 e. The molecule has 8 heteroatoms. The number of anilines is 1. The van der Waals surface area contributed by atoms with Gasteiger partial charge in [0, 0.05) is 56.6 Å². The highest BCUT2D eigenvalue weighted by molar-refractivity contribution is 14.0. The zero-order chi connectivity index (χ0) is 19.4. The topological polar surface area (TPSA) is 58.1 Å². The molecule has 2 heterocycles. The molecule has 2 N–H and O–H groups in total. The molecule has 2 aliphatic rings. The smallest absolute Gasteiger partial charge is 0.191 e. The lowest BCUT2D eigenvalue weighted by Crippen LogP contribution is -2.38. The quantitative estimate of drug-likeness (QED) is 0.220. The first-order valence-corrected chi connectivity index (χ1v) is 11.6. The molecule has 2 fully saturated rings. The highest BCUT2D eigenvalue weighted by Gasteiger charge is 2.15. The minimum atomic E-state index is 0. The fourth-order valence-electron chi connectivity index (χ4n) is 3.32. The summed E-state index contributed by atoms with van der Waals surface area (Å²) in [5.41, 5.74) is 2.56. The molecule has 1 aromatic rings. The molecule has 1 aromatic carbocycles. The second kappa shape index (κ2) is 14.3. The average Bonchev–Trinajstić information content (AvgIpc) is 3.26. The minimum Gasteiger partial charge on any atom is -0.379 e. The third kappa shape index (κ3) is 8.90. The number of thioether (sulfide) groups is 1. The molecule has 0 aromatic heterocycles. The van der Waals surface area contributed by atoms with E-state index in [0.29, 0.717) is 6.54 Å². The number of hydrogen-bond donors (Lipinski definition) is 2. The average molecular weight is 535 g/mol. The van der Waals surface area contributed by atoms with E-state index in [-0.39, 0.29) is 30.1 Å². The van der Waals surface area contributed by atoms with Crippen LogP contribution in [0.2, 0.25) is 0 Å². The number of nitrogens with zero attached hydrogens (tertiary/aromatic N) is 2. The zero-order valence-electron chi connectivity index (χ0n) is 17.4. The van der Waals surface area contributed by atoms with E-state index in [0.717, 1.165) is 64.8 Å². The van der Waals surface area contributed by atoms with Gasteiger partial charge in [0.25, 0.3) is 0 Å². The summed E-state index contributed by atoms with van der Waals surface area (Å²) in [5.74, 6) is 3.32. The van der Waals surface area contributed by atoms with Crippen LogP contribution >= 0.6 is 35.7 Å². The number of hydrogen-bond acceptors (Lipinski definition) is 5. The molecule has 6 nitrogen and oxygen atoms in total. The second-order valence-corrected chi connectivity index (χ2v) is 8.32. The van der Waals surface area contributed by atoms with E-state index in [1.54, 1.807) is 0 Å². The standard InChI is InChI=1S/C21H34N4O2S.HI/c1-2-22-21(23-9-3-12-27-20-8-13-26-17-20)24-16-18-4-6-19(7-5-18)25-10-14-28-15-11-25;/h4-7,20H,2-3,8-17H2,1H3,(H2,22,23,24);1H. The van der Waals surface area contributed by atoms with Gasteiger partial charge in [-0.2, -0.15) is 11.8 Å². The SMILES string of the molecule is CCNC(=NCc1ccc(N2CCSCC2)cc1)NCCCOC1CCOC1.I. The predicted octanol–water partition coefficient (Wildman–Crippen LogP) is 3.11. The summed E-state index contributed by atoms with van der Waals surface area (Å²) in [5, 5.41) is 6.71. The Hall–Kier alpha value is -0.710. The number of aliphatic imine (C=N–C) groups is 1. The van der Waals surface area contributed by atoms with Gasteiger partial charge in [-0.3, -0.25) is 0 Å². The summed E-state index contributed by atoms with van der Waals surface area (Å²) in [6.07, 6.45) is 2.27. The third-order valence-electron chi connectivity index (χ3n) is 4.93. The molecule has 3 rings (SSSR count). The molecule has 2 saturated heterocycles. The number of nitrogens with one attached hydrogen (secondary N) is 2. The van der Waals surface area contributed by atoms with Crippen LogP contribution in [-0.4, -0.2) is 69.6 Å². The second-order valence-electron chi connectivity index (χ2n) is 7.10. The molecule has 0 spiro atoms. The lowest BCUT2D eigenvalue weighted by atomic mass is 10.2. The normalized spacial score (nSPS) is 19.7. The fourth-order valence-corrected chi connectivity index (χ4v) is 4.22. The molecule has 29 heavy (non-hydrogen) atoms. The van der Waals surface area contributed by atoms with E-state index in [2.05, 4.69) is 46.7 Å². The molecule has 164 valence electrons. The summed E-state index contributed by atoms with van der Waals surface area (Å²) >= 11 is 2.04. The van der Waals surface area contributed by atoms with Gasteiger partial charge in [0.2, 0.25) is 0 Å². The molecule has 1 atom stereocenters. The van der Waals surface area contributed by atoms with E-state index in [1.165, 1.54) is 22.8 Å². The van der Waals surface area contributed by atoms with Crippen molar-refractivity contribution in [2.75, 3.05) is 62.4 Å². The fraction of sp³-hybridized carbons (Fsp3) is 0.667. The molecule has 0 radical (unpaired) electrons. The van der Waals surface area contributed by atoms with Gasteiger partial charge in [-0.25, -0.2) is 4.99 Å². The number of guanidine groups is 1. The number of ether oxygens (including phenoxy) is 2. The summed E-state index contributed by atoms with van der Waals surface area (Å²) in [4.78, 5) is 7.18.